The Kier molecular flexibility index (Phi) is 5.43. The van der Waals surface area contributed by atoms with Gasteiger partial charge in [0.15, 0.2) is 0 Å². The van der Waals surface area contributed by atoms with Gasteiger partial charge in [0.25, 0.3) is 0 Å². The number of carbonyl (C=O) groups excluding carboxylic acids is 1. The highest BCUT2D eigenvalue weighted by Gasteiger charge is 2.31. The van der Waals surface area contributed by atoms with Crippen LogP contribution in [0.25, 0.3) is 0 Å². The maximum Gasteiger partial charge on any atom is 0.230 e. The van der Waals surface area contributed by atoms with Crippen molar-refractivity contribution < 1.29 is 13.9 Å². The first-order valence-electron chi connectivity index (χ1n) is 8.75. The summed E-state index contributed by atoms with van der Waals surface area (Å²) in [5, 5.41) is 0. The molecule has 1 aromatic carbocycles. The van der Waals surface area contributed by atoms with Crippen LogP contribution in [0.1, 0.15) is 29.4 Å². The molecule has 5 heteroatoms. The molecule has 0 aliphatic carbocycles. The molecule has 0 fully saturated rings. The van der Waals surface area contributed by atoms with E-state index in [0.717, 1.165) is 29.4 Å². The van der Waals surface area contributed by atoms with Crippen LogP contribution in [0.2, 0.25) is 0 Å². The van der Waals surface area contributed by atoms with Crippen LogP contribution in [0.15, 0.2) is 40.8 Å². The van der Waals surface area contributed by atoms with Gasteiger partial charge in [-0.25, -0.2) is 0 Å². The number of rotatable bonds is 6. The summed E-state index contributed by atoms with van der Waals surface area (Å²) in [6, 6.07) is 11.7. The lowest BCUT2D eigenvalue weighted by atomic mass is 9.91. The Morgan fingerprint density at radius 2 is 1.96 bits per heavy atom. The summed E-state index contributed by atoms with van der Waals surface area (Å²) in [7, 11) is 4.03. The maximum atomic E-state index is 13.3. The molecule has 3 rings (SSSR count). The number of furan rings is 1. The van der Waals surface area contributed by atoms with Gasteiger partial charge in [-0.3, -0.25) is 4.79 Å². The van der Waals surface area contributed by atoms with Gasteiger partial charge in [-0.2, -0.15) is 0 Å². The summed E-state index contributed by atoms with van der Waals surface area (Å²) < 4.78 is 11.4. The summed E-state index contributed by atoms with van der Waals surface area (Å²) in [5.41, 5.74) is 0.990. The van der Waals surface area contributed by atoms with Gasteiger partial charge in [0, 0.05) is 18.7 Å². The average Bonchev–Trinajstić information content (AvgIpc) is 3.02. The number of amides is 1. The average molecular weight is 342 g/mol. The predicted octanol–water partition coefficient (Wildman–Crippen LogP) is 3.04. The highest BCUT2D eigenvalue weighted by atomic mass is 16.5. The van der Waals surface area contributed by atoms with E-state index in [0.29, 0.717) is 26.1 Å². The van der Waals surface area contributed by atoms with Crippen molar-refractivity contribution in [3.63, 3.8) is 0 Å². The third kappa shape index (κ3) is 4.23. The van der Waals surface area contributed by atoms with Crippen LogP contribution in [0.4, 0.5) is 0 Å². The van der Waals surface area contributed by atoms with Crippen molar-refractivity contribution in [1.29, 1.82) is 0 Å². The molecule has 5 nitrogen and oxygen atoms in total. The number of aryl methyl sites for hydroxylation is 1. The molecule has 0 bridgehead atoms. The third-order valence-electron chi connectivity index (χ3n) is 4.53. The number of benzene rings is 1. The zero-order valence-corrected chi connectivity index (χ0v) is 15.2. The van der Waals surface area contributed by atoms with Crippen LogP contribution >= 0.6 is 0 Å². The third-order valence-corrected chi connectivity index (χ3v) is 4.53. The number of fused-ring (bicyclic) bond motifs is 1. The van der Waals surface area contributed by atoms with E-state index in [1.54, 1.807) is 0 Å². The van der Waals surface area contributed by atoms with Crippen LogP contribution in [0.5, 0.6) is 5.75 Å². The lowest BCUT2D eigenvalue weighted by Crippen LogP contribution is -2.40. The normalized spacial score (nSPS) is 16.4. The summed E-state index contributed by atoms with van der Waals surface area (Å²) in [6.07, 6.45) is 0.714. The molecule has 1 atom stereocenters. The van der Waals surface area contributed by atoms with Crippen molar-refractivity contribution in [2.75, 3.05) is 33.8 Å². The molecule has 0 radical (unpaired) electrons. The molecule has 2 heterocycles. The highest BCUT2D eigenvalue weighted by Crippen LogP contribution is 2.34. The largest absolute Gasteiger partial charge is 0.493 e. The minimum atomic E-state index is -0.150. The van der Waals surface area contributed by atoms with E-state index in [2.05, 4.69) is 4.90 Å². The van der Waals surface area contributed by atoms with Crippen molar-refractivity contribution in [1.82, 2.24) is 9.80 Å². The Morgan fingerprint density at radius 1 is 1.16 bits per heavy atom. The molecule has 1 amide bonds. The summed E-state index contributed by atoms with van der Waals surface area (Å²) in [4.78, 5) is 17.3. The number of carbonyl (C=O) groups is 1. The standard InChI is InChI=1S/C20H26N2O3/c1-15-8-9-16(25-15)14-22(12-11-21(2)3)20(23)18-10-13-24-19-7-5-4-6-17(18)19/h4-9,18H,10-14H2,1-3H3/t18-/m0/s1. The summed E-state index contributed by atoms with van der Waals surface area (Å²) >= 11 is 0. The van der Waals surface area contributed by atoms with Crippen LogP contribution in [0, 0.1) is 6.92 Å². The molecule has 0 N–H and O–H groups in total. The van der Waals surface area contributed by atoms with E-state index < -0.39 is 0 Å². The SMILES string of the molecule is Cc1ccc(CN(CCN(C)C)C(=O)[C@H]2CCOc3ccccc32)o1. The Balaban J connectivity index is 1.81. The first-order chi connectivity index (χ1) is 12.0. The molecule has 1 aliphatic heterocycles. The van der Waals surface area contributed by atoms with Gasteiger partial charge >= 0.3 is 0 Å². The van der Waals surface area contributed by atoms with E-state index in [1.165, 1.54) is 0 Å². The second-order valence-corrected chi connectivity index (χ2v) is 6.80. The molecule has 2 aromatic rings. The van der Waals surface area contributed by atoms with Gasteiger partial charge in [0.05, 0.1) is 19.1 Å². The smallest absolute Gasteiger partial charge is 0.230 e. The van der Waals surface area contributed by atoms with Gasteiger partial charge in [0.1, 0.15) is 17.3 Å². The van der Waals surface area contributed by atoms with Crippen LogP contribution in [-0.4, -0.2) is 49.5 Å². The molecule has 1 aromatic heterocycles. The van der Waals surface area contributed by atoms with E-state index >= 15 is 0 Å². The lowest BCUT2D eigenvalue weighted by Gasteiger charge is -2.31. The monoisotopic (exact) mass is 342 g/mol. The Morgan fingerprint density at radius 3 is 2.68 bits per heavy atom. The molecule has 1 aliphatic rings. The number of likely N-dealkylation sites (N-methyl/N-ethyl adjacent to an activating group) is 1. The summed E-state index contributed by atoms with van der Waals surface area (Å²) in [5.74, 6) is 2.51. The number of nitrogens with zero attached hydrogens (tertiary/aromatic N) is 2. The zero-order valence-electron chi connectivity index (χ0n) is 15.2. The van der Waals surface area contributed by atoms with Gasteiger partial charge in [-0.15, -0.1) is 0 Å². The maximum absolute atomic E-state index is 13.3. The number of ether oxygens (including phenoxy) is 1. The second kappa shape index (κ2) is 7.74. The molecular formula is C20H26N2O3. The van der Waals surface area contributed by atoms with Crippen LogP contribution < -0.4 is 4.74 Å². The molecule has 0 saturated carbocycles. The fraction of sp³-hybridized carbons (Fsp3) is 0.450. The Labute approximate surface area is 149 Å². The van der Waals surface area contributed by atoms with Gasteiger partial charge < -0.3 is 19.0 Å². The molecular weight excluding hydrogens is 316 g/mol. The lowest BCUT2D eigenvalue weighted by molar-refractivity contribution is -0.134. The second-order valence-electron chi connectivity index (χ2n) is 6.80. The minimum Gasteiger partial charge on any atom is -0.493 e. The quantitative estimate of drug-likeness (QED) is 0.809. The molecule has 25 heavy (non-hydrogen) atoms. The molecule has 134 valence electrons. The van der Waals surface area contributed by atoms with Crippen molar-refractivity contribution in [2.45, 2.75) is 25.8 Å². The summed E-state index contributed by atoms with van der Waals surface area (Å²) in [6.45, 7) is 4.49. The zero-order chi connectivity index (χ0) is 17.8. The molecule has 0 saturated heterocycles. The van der Waals surface area contributed by atoms with E-state index in [4.69, 9.17) is 9.15 Å². The Bertz CT molecular complexity index is 723. The molecule has 0 unspecified atom stereocenters. The molecule has 0 spiro atoms. The number of para-hydroxylation sites is 1. The van der Waals surface area contributed by atoms with Gasteiger partial charge in [-0.1, -0.05) is 18.2 Å². The van der Waals surface area contributed by atoms with Crippen molar-refractivity contribution in [3.8, 4) is 5.75 Å². The first-order valence-corrected chi connectivity index (χ1v) is 8.75. The van der Waals surface area contributed by atoms with E-state index in [-0.39, 0.29) is 11.8 Å². The Hall–Kier alpha value is -2.27. The van der Waals surface area contributed by atoms with E-state index in [1.807, 2.05) is 62.3 Å². The minimum absolute atomic E-state index is 0.145. The topological polar surface area (TPSA) is 45.9 Å². The predicted molar refractivity (Wildman–Crippen MR) is 96.7 cm³/mol. The van der Waals surface area contributed by atoms with Crippen LogP contribution in [-0.2, 0) is 11.3 Å². The number of hydrogen-bond donors (Lipinski definition) is 0. The fourth-order valence-corrected chi connectivity index (χ4v) is 3.17. The highest BCUT2D eigenvalue weighted by molar-refractivity contribution is 5.84. The van der Waals surface area contributed by atoms with Crippen molar-refractivity contribution in [2.24, 2.45) is 0 Å². The van der Waals surface area contributed by atoms with Gasteiger partial charge in [-0.05, 0) is 45.6 Å². The van der Waals surface area contributed by atoms with Crippen molar-refractivity contribution in [3.05, 3.63) is 53.5 Å². The van der Waals surface area contributed by atoms with E-state index in [9.17, 15) is 4.79 Å². The first kappa shape index (κ1) is 17.5. The number of hydrogen-bond acceptors (Lipinski definition) is 4. The van der Waals surface area contributed by atoms with Crippen LogP contribution in [0.3, 0.4) is 0 Å². The van der Waals surface area contributed by atoms with Gasteiger partial charge in [0.2, 0.25) is 5.91 Å². The fourth-order valence-electron chi connectivity index (χ4n) is 3.17. The van der Waals surface area contributed by atoms with Crippen molar-refractivity contribution >= 4 is 5.91 Å².